The largest absolute Gasteiger partial charge is 0.469 e. The lowest BCUT2D eigenvalue weighted by atomic mass is 9.99. The highest BCUT2D eigenvalue weighted by Gasteiger charge is 2.36. The van der Waals surface area contributed by atoms with Crippen molar-refractivity contribution in [1.29, 1.82) is 0 Å². The number of guanidine groups is 1. The van der Waals surface area contributed by atoms with E-state index in [4.69, 9.17) is 14.1 Å². The number of methoxy groups -OCH3 is 1. The number of hydrogen-bond acceptors (Lipinski definition) is 4. The van der Waals surface area contributed by atoms with Gasteiger partial charge in [-0.15, -0.1) is 0 Å². The third kappa shape index (κ3) is 4.06. The van der Waals surface area contributed by atoms with Crippen molar-refractivity contribution in [2.75, 3.05) is 26.7 Å². The topological polar surface area (TPSA) is 67.1 Å². The molecular formula is C17H27N3O3. The van der Waals surface area contributed by atoms with Gasteiger partial charge in [-0.2, -0.15) is 0 Å². The van der Waals surface area contributed by atoms with Crippen LogP contribution in [0.25, 0.3) is 0 Å². The second-order valence-electron chi connectivity index (χ2n) is 6.12. The average Bonchev–Trinajstić information content (AvgIpc) is 3.05. The van der Waals surface area contributed by atoms with Crippen LogP contribution >= 0.6 is 0 Å². The first kappa shape index (κ1) is 17.4. The maximum absolute atomic E-state index is 11.9. The number of likely N-dealkylation sites (tertiary alicyclic amines) is 1. The van der Waals surface area contributed by atoms with E-state index >= 15 is 0 Å². The van der Waals surface area contributed by atoms with Crippen LogP contribution in [0.3, 0.4) is 0 Å². The number of nitrogens with one attached hydrogen (secondary N) is 1. The van der Waals surface area contributed by atoms with Crippen molar-refractivity contribution in [2.24, 2.45) is 16.8 Å². The number of carbonyl (C=O) groups is 1. The molecule has 0 bridgehead atoms. The summed E-state index contributed by atoms with van der Waals surface area (Å²) in [5.41, 5.74) is 1.09. The molecule has 0 aromatic carbocycles. The second kappa shape index (κ2) is 7.53. The van der Waals surface area contributed by atoms with E-state index < -0.39 is 0 Å². The molecule has 1 fully saturated rings. The van der Waals surface area contributed by atoms with Crippen molar-refractivity contribution in [3.05, 3.63) is 23.2 Å². The first-order valence-electron chi connectivity index (χ1n) is 8.13. The van der Waals surface area contributed by atoms with Crippen LogP contribution in [0.15, 0.2) is 15.5 Å². The van der Waals surface area contributed by atoms with Gasteiger partial charge in [-0.25, -0.2) is 4.99 Å². The number of nitrogens with zero attached hydrogens (tertiary/aromatic N) is 2. The predicted octanol–water partition coefficient (Wildman–Crippen LogP) is 2.10. The summed E-state index contributed by atoms with van der Waals surface area (Å²) >= 11 is 0. The number of hydrogen-bond donors (Lipinski definition) is 1. The minimum Gasteiger partial charge on any atom is -0.469 e. The zero-order valence-electron chi connectivity index (χ0n) is 14.7. The molecule has 2 atom stereocenters. The van der Waals surface area contributed by atoms with Gasteiger partial charge in [0, 0.05) is 25.2 Å². The van der Waals surface area contributed by atoms with E-state index in [1.54, 1.807) is 0 Å². The summed E-state index contributed by atoms with van der Waals surface area (Å²) in [5, 5.41) is 3.31. The van der Waals surface area contributed by atoms with Gasteiger partial charge in [0.2, 0.25) is 0 Å². The molecule has 6 nitrogen and oxygen atoms in total. The molecule has 0 spiro atoms. The van der Waals surface area contributed by atoms with Crippen LogP contribution in [0.5, 0.6) is 0 Å². The van der Waals surface area contributed by atoms with Crippen molar-refractivity contribution < 1.29 is 13.9 Å². The van der Waals surface area contributed by atoms with Crippen LogP contribution in [0.1, 0.15) is 30.9 Å². The summed E-state index contributed by atoms with van der Waals surface area (Å²) in [6, 6.07) is 2.02. The number of carbonyl (C=O) groups excluding carboxylic acids is 1. The number of ether oxygens (including phenoxy) is 1. The van der Waals surface area contributed by atoms with Crippen LogP contribution < -0.4 is 5.32 Å². The number of aryl methyl sites for hydroxylation is 2. The number of rotatable bonds is 4. The molecule has 0 radical (unpaired) electrons. The molecule has 0 aliphatic carbocycles. The molecule has 2 rings (SSSR count). The lowest BCUT2D eigenvalue weighted by Crippen LogP contribution is -2.40. The molecule has 1 saturated heterocycles. The summed E-state index contributed by atoms with van der Waals surface area (Å²) in [6.45, 7) is 10.8. The van der Waals surface area contributed by atoms with Crippen molar-refractivity contribution in [3.8, 4) is 0 Å². The summed E-state index contributed by atoms with van der Waals surface area (Å²) in [6.07, 6.45) is 0. The summed E-state index contributed by atoms with van der Waals surface area (Å²) in [5.74, 6) is 2.66. The van der Waals surface area contributed by atoms with Gasteiger partial charge < -0.3 is 19.4 Å². The Morgan fingerprint density at radius 3 is 2.78 bits per heavy atom. The van der Waals surface area contributed by atoms with Gasteiger partial charge in [0.05, 0.1) is 19.6 Å². The quantitative estimate of drug-likeness (QED) is 0.522. The molecule has 6 heteroatoms. The third-order valence-electron chi connectivity index (χ3n) is 4.29. The first-order chi connectivity index (χ1) is 11.0. The van der Waals surface area contributed by atoms with Gasteiger partial charge in [0.25, 0.3) is 0 Å². The predicted molar refractivity (Wildman–Crippen MR) is 89.2 cm³/mol. The molecule has 1 N–H and O–H groups in total. The fourth-order valence-corrected chi connectivity index (χ4v) is 3.02. The van der Waals surface area contributed by atoms with Crippen molar-refractivity contribution in [3.63, 3.8) is 0 Å². The lowest BCUT2D eigenvalue weighted by Gasteiger charge is -2.21. The first-order valence-corrected chi connectivity index (χ1v) is 8.13. The summed E-state index contributed by atoms with van der Waals surface area (Å²) < 4.78 is 10.4. The van der Waals surface area contributed by atoms with E-state index in [2.05, 4.69) is 17.1 Å². The molecule has 0 saturated carbocycles. The van der Waals surface area contributed by atoms with Gasteiger partial charge in [-0.1, -0.05) is 6.92 Å². The SMILES string of the molecule is CCNC(=NCc1cc(C)oc1C)N1CC(C)C(C(=O)OC)C1. The summed E-state index contributed by atoms with van der Waals surface area (Å²) in [4.78, 5) is 18.7. The molecule has 1 aromatic rings. The third-order valence-corrected chi connectivity index (χ3v) is 4.29. The smallest absolute Gasteiger partial charge is 0.310 e. The zero-order valence-corrected chi connectivity index (χ0v) is 14.7. The molecule has 2 heterocycles. The van der Waals surface area contributed by atoms with E-state index in [9.17, 15) is 4.79 Å². The molecular weight excluding hydrogens is 294 g/mol. The van der Waals surface area contributed by atoms with Crippen LogP contribution in [-0.4, -0.2) is 43.6 Å². The van der Waals surface area contributed by atoms with Crippen LogP contribution in [0.2, 0.25) is 0 Å². The molecule has 1 aliphatic rings. The van der Waals surface area contributed by atoms with Gasteiger partial charge in [0.1, 0.15) is 11.5 Å². The molecule has 2 unspecified atom stereocenters. The Bertz CT molecular complexity index is 580. The Kier molecular flexibility index (Phi) is 5.69. The molecule has 1 aromatic heterocycles. The molecule has 1 aliphatic heterocycles. The minimum atomic E-state index is -0.142. The van der Waals surface area contributed by atoms with Crippen molar-refractivity contribution in [2.45, 2.75) is 34.2 Å². The van der Waals surface area contributed by atoms with Crippen molar-refractivity contribution in [1.82, 2.24) is 10.2 Å². The van der Waals surface area contributed by atoms with Crippen molar-refractivity contribution >= 4 is 11.9 Å². The van der Waals surface area contributed by atoms with E-state index in [1.165, 1.54) is 7.11 Å². The normalized spacial score (nSPS) is 21.6. The van der Waals surface area contributed by atoms with E-state index in [-0.39, 0.29) is 17.8 Å². The number of furan rings is 1. The fourth-order valence-electron chi connectivity index (χ4n) is 3.02. The van der Waals surface area contributed by atoms with Gasteiger partial charge in [-0.3, -0.25) is 4.79 Å². The maximum Gasteiger partial charge on any atom is 0.310 e. The molecule has 23 heavy (non-hydrogen) atoms. The van der Waals surface area contributed by atoms with Crippen LogP contribution in [-0.2, 0) is 16.1 Å². The highest BCUT2D eigenvalue weighted by molar-refractivity contribution is 5.82. The highest BCUT2D eigenvalue weighted by atomic mass is 16.5. The Labute approximate surface area is 137 Å². The lowest BCUT2D eigenvalue weighted by molar-refractivity contribution is -0.145. The second-order valence-corrected chi connectivity index (χ2v) is 6.12. The van der Waals surface area contributed by atoms with Gasteiger partial charge in [0.15, 0.2) is 5.96 Å². The fraction of sp³-hybridized carbons (Fsp3) is 0.647. The average molecular weight is 321 g/mol. The highest BCUT2D eigenvalue weighted by Crippen LogP contribution is 2.24. The summed E-state index contributed by atoms with van der Waals surface area (Å²) in [7, 11) is 1.45. The Hall–Kier alpha value is -1.98. The number of aliphatic imine (C=N–C) groups is 1. The number of esters is 1. The van der Waals surface area contributed by atoms with Crippen LogP contribution in [0, 0.1) is 25.7 Å². The monoisotopic (exact) mass is 321 g/mol. The van der Waals surface area contributed by atoms with E-state index in [1.807, 2.05) is 26.8 Å². The zero-order chi connectivity index (χ0) is 17.0. The van der Waals surface area contributed by atoms with Crippen LogP contribution in [0.4, 0.5) is 0 Å². The standard InChI is InChI=1S/C17H27N3O3/c1-6-18-17(19-8-14-7-12(3)23-13(14)4)20-9-11(2)15(10-20)16(21)22-5/h7,11,15H,6,8-10H2,1-5H3,(H,18,19). The minimum absolute atomic E-state index is 0.0956. The Balaban J connectivity index is 2.10. The van der Waals surface area contributed by atoms with E-state index in [0.29, 0.717) is 13.1 Å². The van der Waals surface area contributed by atoms with Gasteiger partial charge in [-0.05, 0) is 32.8 Å². The van der Waals surface area contributed by atoms with E-state index in [0.717, 1.165) is 36.1 Å². The van der Waals surface area contributed by atoms with Gasteiger partial charge >= 0.3 is 5.97 Å². The molecule has 0 amide bonds. The molecule has 128 valence electrons. The Morgan fingerprint density at radius 1 is 1.48 bits per heavy atom. The maximum atomic E-state index is 11.9. The Morgan fingerprint density at radius 2 is 2.22 bits per heavy atom.